The molecule has 2 N–H and O–H groups in total. The van der Waals surface area contributed by atoms with Gasteiger partial charge < -0.3 is 15.2 Å². The minimum absolute atomic E-state index is 0.0845. The van der Waals surface area contributed by atoms with Crippen LogP contribution in [0.1, 0.15) is 26.7 Å². The van der Waals surface area contributed by atoms with E-state index < -0.39 is 0 Å². The molecule has 3 heteroatoms. The molecule has 0 aliphatic heterocycles. The molecule has 0 aliphatic rings. The van der Waals surface area contributed by atoms with Crippen LogP contribution in [0.15, 0.2) is 24.3 Å². The van der Waals surface area contributed by atoms with Gasteiger partial charge in [-0.25, -0.2) is 0 Å². The van der Waals surface area contributed by atoms with E-state index in [0.717, 1.165) is 24.3 Å². The van der Waals surface area contributed by atoms with Crippen molar-refractivity contribution in [2.24, 2.45) is 5.92 Å². The molecule has 3 nitrogen and oxygen atoms in total. The number of hydrogen-bond donors (Lipinski definition) is 2. The van der Waals surface area contributed by atoms with Crippen molar-refractivity contribution in [1.82, 2.24) is 0 Å². The van der Waals surface area contributed by atoms with Gasteiger partial charge in [0.25, 0.3) is 0 Å². The number of benzene rings is 1. The molecule has 0 radical (unpaired) electrons. The molecule has 17 heavy (non-hydrogen) atoms. The highest BCUT2D eigenvalue weighted by atomic mass is 16.5. The van der Waals surface area contributed by atoms with Crippen LogP contribution in [0.5, 0.6) is 5.75 Å². The van der Waals surface area contributed by atoms with Gasteiger partial charge in [-0.1, -0.05) is 38.8 Å². The van der Waals surface area contributed by atoms with E-state index in [9.17, 15) is 5.11 Å². The number of nitrogens with one attached hydrogen (secondary N) is 1. The van der Waals surface area contributed by atoms with Crippen molar-refractivity contribution in [3.8, 4) is 5.75 Å². The van der Waals surface area contributed by atoms with Crippen LogP contribution in [0.25, 0.3) is 0 Å². The molecule has 1 aromatic carbocycles. The molecule has 0 aromatic heterocycles. The molecule has 96 valence electrons. The van der Waals surface area contributed by atoms with Gasteiger partial charge in [-0.2, -0.15) is 0 Å². The Balaban J connectivity index is 2.79. The molecule has 0 saturated heterocycles. The number of hydrogen-bond acceptors (Lipinski definition) is 3. The predicted molar refractivity (Wildman–Crippen MR) is 71.6 cm³/mol. The lowest BCUT2D eigenvalue weighted by Crippen LogP contribution is -2.32. The lowest BCUT2D eigenvalue weighted by atomic mass is 9.94. The zero-order valence-electron chi connectivity index (χ0n) is 10.9. The number of methoxy groups -OCH3 is 1. The minimum atomic E-state index is 0.0845. The predicted octanol–water partition coefficient (Wildman–Crippen LogP) is 2.90. The van der Waals surface area contributed by atoms with E-state index in [-0.39, 0.29) is 12.6 Å². The molecule has 0 amide bonds. The summed E-state index contributed by atoms with van der Waals surface area (Å²) in [7, 11) is 1.66. The number of aliphatic hydroxyl groups is 1. The first-order valence-corrected chi connectivity index (χ1v) is 6.27. The molecule has 0 bridgehead atoms. The summed E-state index contributed by atoms with van der Waals surface area (Å²) in [5.41, 5.74) is 0.945. The van der Waals surface area contributed by atoms with Crippen molar-refractivity contribution < 1.29 is 9.84 Å². The van der Waals surface area contributed by atoms with Crippen LogP contribution in [0.4, 0.5) is 5.69 Å². The molecule has 0 saturated carbocycles. The lowest BCUT2D eigenvalue weighted by Gasteiger charge is -2.26. The van der Waals surface area contributed by atoms with E-state index in [1.165, 1.54) is 0 Å². The highest BCUT2D eigenvalue weighted by Gasteiger charge is 2.18. The average Bonchev–Trinajstić information content (AvgIpc) is 2.39. The molecular formula is C14H23NO2. The first-order chi connectivity index (χ1) is 8.26. The molecular weight excluding hydrogens is 214 g/mol. The van der Waals surface area contributed by atoms with Crippen molar-refractivity contribution in [3.05, 3.63) is 24.3 Å². The van der Waals surface area contributed by atoms with Crippen LogP contribution < -0.4 is 10.1 Å². The van der Waals surface area contributed by atoms with E-state index in [4.69, 9.17) is 4.74 Å². The first-order valence-electron chi connectivity index (χ1n) is 6.27. The quantitative estimate of drug-likeness (QED) is 0.766. The number of para-hydroxylation sites is 2. The van der Waals surface area contributed by atoms with Crippen LogP contribution in [-0.2, 0) is 0 Å². The number of ether oxygens (including phenoxy) is 1. The van der Waals surface area contributed by atoms with Crippen LogP contribution in [-0.4, -0.2) is 24.9 Å². The van der Waals surface area contributed by atoms with Gasteiger partial charge >= 0.3 is 0 Å². The standard InChI is InChI=1S/C14H23NO2/c1-4-11(5-2)13(10-16)15-12-8-6-7-9-14(12)17-3/h6-9,11,13,15-16H,4-5,10H2,1-3H3. The van der Waals surface area contributed by atoms with Gasteiger partial charge in [0.05, 0.1) is 25.4 Å². The highest BCUT2D eigenvalue weighted by Crippen LogP contribution is 2.26. The van der Waals surface area contributed by atoms with Crippen molar-refractivity contribution in [1.29, 1.82) is 0 Å². The second-order valence-corrected chi connectivity index (χ2v) is 4.21. The largest absolute Gasteiger partial charge is 0.495 e. The van der Waals surface area contributed by atoms with Gasteiger partial charge in [0.15, 0.2) is 0 Å². The van der Waals surface area contributed by atoms with E-state index in [1.807, 2.05) is 24.3 Å². The summed E-state index contributed by atoms with van der Waals surface area (Å²) in [5.74, 6) is 1.29. The normalized spacial score (nSPS) is 12.5. The van der Waals surface area contributed by atoms with Gasteiger partial charge in [-0.15, -0.1) is 0 Å². The molecule has 1 aromatic rings. The smallest absolute Gasteiger partial charge is 0.141 e. The van der Waals surface area contributed by atoms with Gasteiger partial charge in [0.2, 0.25) is 0 Å². The monoisotopic (exact) mass is 237 g/mol. The average molecular weight is 237 g/mol. The fourth-order valence-electron chi connectivity index (χ4n) is 2.13. The Kier molecular flexibility index (Phi) is 5.84. The summed E-state index contributed by atoms with van der Waals surface area (Å²) in [6.07, 6.45) is 2.12. The first kappa shape index (κ1) is 13.8. The summed E-state index contributed by atoms with van der Waals surface area (Å²) < 4.78 is 5.29. The highest BCUT2D eigenvalue weighted by molar-refractivity contribution is 5.56. The molecule has 1 unspecified atom stereocenters. The van der Waals surface area contributed by atoms with Crippen molar-refractivity contribution >= 4 is 5.69 Å². The molecule has 1 atom stereocenters. The van der Waals surface area contributed by atoms with Crippen molar-refractivity contribution in [2.75, 3.05) is 19.0 Å². The Morgan fingerprint density at radius 1 is 1.24 bits per heavy atom. The third kappa shape index (κ3) is 3.63. The Bertz CT molecular complexity index is 324. The summed E-state index contributed by atoms with van der Waals surface area (Å²) in [6.45, 7) is 4.45. The zero-order valence-corrected chi connectivity index (χ0v) is 10.9. The molecule has 0 aliphatic carbocycles. The van der Waals surface area contributed by atoms with E-state index in [1.54, 1.807) is 7.11 Å². The zero-order chi connectivity index (χ0) is 12.7. The number of rotatable bonds is 7. The van der Waals surface area contributed by atoms with Crippen LogP contribution in [0.2, 0.25) is 0 Å². The second-order valence-electron chi connectivity index (χ2n) is 4.21. The summed E-state index contributed by atoms with van der Waals surface area (Å²) in [6, 6.07) is 7.88. The van der Waals surface area contributed by atoms with Gasteiger partial charge in [0.1, 0.15) is 5.75 Å². The maximum atomic E-state index is 9.48. The van der Waals surface area contributed by atoms with Crippen LogP contribution >= 0.6 is 0 Å². The topological polar surface area (TPSA) is 41.5 Å². The van der Waals surface area contributed by atoms with Gasteiger partial charge in [0, 0.05) is 0 Å². The maximum absolute atomic E-state index is 9.48. The molecule has 0 spiro atoms. The van der Waals surface area contributed by atoms with E-state index >= 15 is 0 Å². The Labute approximate surface area is 104 Å². The second kappa shape index (κ2) is 7.17. The van der Waals surface area contributed by atoms with Crippen LogP contribution in [0, 0.1) is 5.92 Å². The Morgan fingerprint density at radius 2 is 1.88 bits per heavy atom. The lowest BCUT2D eigenvalue weighted by molar-refractivity contribution is 0.231. The minimum Gasteiger partial charge on any atom is -0.495 e. The van der Waals surface area contributed by atoms with Crippen LogP contribution in [0.3, 0.4) is 0 Å². The number of aliphatic hydroxyl groups excluding tert-OH is 1. The SMILES string of the molecule is CCC(CC)C(CO)Nc1ccccc1OC. The fraction of sp³-hybridized carbons (Fsp3) is 0.571. The van der Waals surface area contributed by atoms with E-state index in [2.05, 4.69) is 19.2 Å². The van der Waals surface area contributed by atoms with Gasteiger partial charge in [-0.05, 0) is 18.1 Å². The maximum Gasteiger partial charge on any atom is 0.141 e. The Morgan fingerprint density at radius 3 is 2.41 bits per heavy atom. The third-order valence-corrected chi connectivity index (χ3v) is 3.26. The summed E-state index contributed by atoms with van der Waals surface area (Å²) >= 11 is 0. The van der Waals surface area contributed by atoms with Gasteiger partial charge in [-0.3, -0.25) is 0 Å². The van der Waals surface area contributed by atoms with Crippen molar-refractivity contribution in [2.45, 2.75) is 32.7 Å². The summed E-state index contributed by atoms with van der Waals surface area (Å²) in [5, 5.41) is 12.9. The third-order valence-electron chi connectivity index (χ3n) is 3.26. The molecule has 0 heterocycles. The number of anilines is 1. The molecule has 1 rings (SSSR count). The fourth-order valence-corrected chi connectivity index (χ4v) is 2.13. The van der Waals surface area contributed by atoms with E-state index in [0.29, 0.717) is 5.92 Å². The summed E-state index contributed by atoms with van der Waals surface area (Å²) in [4.78, 5) is 0. The van der Waals surface area contributed by atoms with Crippen molar-refractivity contribution in [3.63, 3.8) is 0 Å². The Hall–Kier alpha value is -1.22. The molecule has 0 fully saturated rings.